The van der Waals surface area contributed by atoms with Gasteiger partial charge in [-0.05, 0) is 27.2 Å². The number of hydrogen-bond donors (Lipinski definition) is 3. The van der Waals surface area contributed by atoms with Crippen molar-refractivity contribution >= 4 is 6.03 Å². The zero-order valence-electron chi connectivity index (χ0n) is 9.62. The molecule has 5 nitrogen and oxygen atoms in total. The highest BCUT2D eigenvalue weighted by Crippen LogP contribution is 2.22. The number of carbonyl (C=O) groups is 1. The number of urea groups is 1. The fraction of sp³-hybridized carbons (Fsp3) is 0.900. The van der Waals surface area contributed by atoms with Crippen LogP contribution in [0.3, 0.4) is 0 Å². The predicted molar refractivity (Wildman–Crippen MR) is 58.6 cm³/mol. The Labute approximate surface area is 90.7 Å². The molecule has 0 aliphatic heterocycles. The molecule has 3 unspecified atom stereocenters. The molecule has 1 fully saturated rings. The minimum atomic E-state index is -0.171. The van der Waals surface area contributed by atoms with Crippen molar-refractivity contribution < 1.29 is 9.53 Å². The highest BCUT2D eigenvalue weighted by molar-refractivity contribution is 5.74. The summed E-state index contributed by atoms with van der Waals surface area (Å²) >= 11 is 0. The number of ether oxygens (including phenoxy) is 1. The van der Waals surface area contributed by atoms with E-state index in [0.29, 0.717) is 6.61 Å². The SMILES string of the molecule is CCOC1CC(N)C1NC(=O)NC(C)C. The van der Waals surface area contributed by atoms with E-state index in [-0.39, 0.29) is 30.3 Å². The van der Waals surface area contributed by atoms with Gasteiger partial charge in [-0.1, -0.05) is 0 Å². The van der Waals surface area contributed by atoms with Gasteiger partial charge in [0.1, 0.15) is 0 Å². The van der Waals surface area contributed by atoms with Gasteiger partial charge < -0.3 is 21.1 Å². The number of hydrogen-bond acceptors (Lipinski definition) is 3. The van der Waals surface area contributed by atoms with Crippen molar-refractivity contribution in [2.45, 2.75) is 51.4 Å². The molecule has 1 aliphatic carbocycles. The first kappa shape index (κ1) is 12.3. The number of nitrogens with two attached hydrogens (primary N) is 1. The lowest BCUT2D eigenvalue weighted by molar-refractivity contribution is -0.0282. The standard InChI is InChI=1S/C10H21N3O2/c1-4-15-8-5-7(11)9(8)13-10(14)12-6(2)3/h6-9H,4-5,11H2,1-3H3,(H2,12,13,14). The molecule has 88 valence electrons. The van der Waals surface area contributed by atoms with Crippen LogP contribution in [0.2, 0.25) is 0 Å². The maximum Gasteiger partial charge on any atom is 0.315 e. The van der Waals surface area contributed by atoms with Crippen LogP contribution in [0.4, 0.5) is 4.79 Å². The van der Waals surface area contributed by atoms with E-state index >= 15 is 0 Å². The van der Waals surface area contributed by atoms with E-state index in [4.69, 9.17) is 10.5 Å². The van der Waals surface area contributed by atoms with Gasteiger partial charge in [0.25, 0.3) is 0 Å². The lowest BCUT2D eigenvalue weighted by atomic mass is 9.83. The molecular formula is C10H21N3O2. The number of rotatable bonds is 4. The second-order valence-electron chi connectivity index (χ2n) is 4.19. The largest absolute Gasteiger partial charge is 0.376 e. The van der Waals surface area contributed by atoms with E-state index in [2.05, 4.69) is 10.6 Å². The first-order valence-corrected chi connectivity index (χ1v) is 5.48. The Hall–Kier alpha value is -0.810. The fourth-order valence-corrected chi connectivity index (χ4v) is 1.68. The Morgan fingerprint density at radius 3 is 2.73 bits per heavy atom. The zero-order valence-corrected chi connectivity index (χ0v) is 9.62. The Balaban J connectivity index is 2.32. The molecule has 0 aromatic rings. The van der Waals surface area contributed by atoms with Gasteiger partial charge >= 0.3 is 6.03 Å². The number of nitrogens with one attached hydrogen (secondary N) is 2. The summed E-state index contributed by atoms with van der Waals surface area (Å²) in [6.45, 7) is 6.43. The van der Waals surface area contributed by atoms with Crippen LogP contribution in [-0.4, -0.2) is 36.9 Å². The summed E-state index contributed by atoms with van der Waals surface area (Å²) < 4.78 is 5.44. The molecule has 15 heavy (non-hydrogen) atoms. The summed E-state index contributed by atoms with van der Waals surface area (Å²) in [6.07, 6.45) is 0.892. The molecule has 3 atom stereocenters. The molecular weight excluding hydrogens is 194 g/mol. The monoisotopic (exact) mass is 215 g/mol. The van der Waals surface area contributed by atoms with E-state index in [1.54, 1.807) is 0 Å². The summed E-state index contributed by atoms with van der Waals surface area (Å²) in [5.74, 6) is 0. The quantitative estimate of drug-likeness (QED) is 0.627. The first-order valence-electron chi connectivity index (χ1n) is 5.48. The molecule has 2 amide bonds. The molecule has 0 bridgehead atoms. The van der Waals surface area contributed by atoms with Crippen molar-refractivity contribution in [1.82, 2.24) is 10.6 Å². The molecule has 0 spiro atoms. The van der Waals surface area contributed by atoms with Gasteiger partial charge in [-0.15, -0.1) is 0 Å². The van der Waals surface area contributed by atoms with Gasteiger partial charge in [-0.25, -0.2) is 4.79 Å². The second-order valence-corrected chi connectivity index (χ2v) is 4.19. The Kier molecular flexibility index (Phi) is 4.35. The summed E-state index contributed by atoms with van der Waals surface area (Å²) in [5, 5.41) is 5.60. The highest BCUT2D eigenvalue weighted by atomic mass is 16.5. The average Bonchev–Trinajstić information content (AvgIpc) is 2.13. The van der Waals surface area contributed by atoms with Gasteiger partial charge in [0.05, 0.1) is 12.1 Å². The molecule has 1 aliphatic rings. The average molecular weight is 215 g/mol. The number of amides is 2. The van der Waals surface area contributed by atoms with Crippen LogP contribution in [0.5, 0.6) is 0 Å². The Morgan fingerprint density at radius 1 is 1.60 bits per heavy atom. The first-order chi connectivity index (χ1) is 7.04. The van der Waals surface area contributed by atoms with Crippen molar-refractivity contribution in [2.24, 2.45) is 5.73 Å². The molecule has 0 radical (unpaired) electrons. The van der Waals surface area contributed by atoms with E-state index in [9.17, 15) is 4.79 Å². The van der Waals surface area contributed by atoms with Gasteiger partial charge in [0.15, 0.2) is 0 Å². The second kappa shape index (κ2) is 5.32. The van der Waals surface area contributed by atoms with Crippen LogP contribution in [0, 0.1) is 0 Å². The molecule has 1 saturated carbocycles. The highest BCUT2D eigenvalue weighted by Gasteiger charge is 2.40. The minimum absolute atomic E-state index is 0.0134. The molecule has 0 saturated heterocycles. The topological polar surface area (TPSA) is 76.4 Å². The summed E-state index contributed by atoms with van der Waals surface area (Å²) in [6, 6.07) is -0.0788. The lowest BCUT2D eigenvalue weighted by Gasteiger charge is -2.42. The predicted octanol–water partition coefficient (Wildman–Crippen LogP) is 0.199. The van der Waals surface area contributed by atoms with Crippen LogP contribution in [0.1, 0.15) is 27.2 Å². The van der Waals surface area contributed by atoms with Crippen LogP contribution in [0.25, 0.3) is 0 Å². The van der Waals surface area contributed by atoms with E-state index < -0.39 is 0 Å². The van der Waals surface area contributed by atoms with Crippen LogP contribution >= 0.6 is 0 Å². The van der Waals surface area contributed by atoms with Crippen LogP contribution < -0.4 is 16.4 Å². The third-order valence-corrected chi connectivity index (χ3v) is 2.46. The number of carbonyl (C=O) groups excluding carboxylic acids is 1. The van der Waals surface area contributed by atoms with Crippen LogP contribution in [0.15, 0.2) is 0 Å². The smallest absolute Gasteiger partial charge is 0.315 e. The zero-order chi connectivity index (χ0) is 11.4. The third kappa shape index (κ3) is 3.35. The Morgan fingerprint density at radius 2 is 2.27 bits per heavy atom. The lowest BCUT2D eigenvalue weighted by Crippen LogP contribution is -2.66. The molecule has 0 aromatic carbocycles. The van der Waals surface area contributed by atoms with Crippen molar-refractivity contribution in [1.29, 1.82) is 0 Å². The Bertz CT molecular complexity index is 219. The molecule has 1 rings (SSSR count). The van der Waals surface area contributed by atoms with E-state index in [1.807, 2.05) is 20.8 Å². The van der Waals surface area contributed by atoms with Crippen LogP contribution in [-0.2, 0) is 4.74 Å². The van der Waals surface area contributed by atoms with Gasteiger partial charge in [0, 0.05) is 18.7 Å². The maximum atomic E-state index is 11.4. The molecule has 0 heterocycles. The summed E-state index contributed by atoms with van der Waals surface area (Å²) in [4.78, 5) is 11.4. The fourth-order valence-electron chi connectivity index (χ4n) is 1.68. The van der Waals surface area contributed by atoms with Crippen molar-refractivity contribution in [3.05, 3.63) is 0 Å². The van der Waals surface area contributed by atoms with Gasteiger partial charge in [-0.3, -0.25) is 0 Å². The van der Waals surface area contributed by atoms with Crippen molar-refractivity contribution in [3.8, 4) is 0 Å². The minimum Gasteiger partial charge on any atom is -0.376 e. The summed E-state index contributed by atoms with van der Waals surface area (Å²) in [5.41, 5.74) is 5.80. The van der Waals surface area contributed by atoms with Crippen molar-refractivity contribution in [2.75, 3.05) is 6.61 Å². The van der Waals surface area contributed by atoms with Gasteiger partial charge in [0.2, 0.25) is 0 Å². The molecule has 4 N–H and O–H groups in total. The third-order valence-electron chi connectivity index (χ3n) is 2.46. The van der Waals surface area contributed by atoms with Gasteiger partial charge in [-0.2, -0.15) is 0 Å². The van der Waals surface area contributed by atoms with E-state index in [1.165, 1.54) is 0 Å². The molecule has 5 heteroatoms. The van der Waals surface area contributed by atoms with E-state index in [0.717, 1.165) is 6.42 Å². The van der Waals surface area contributed by atoms with Crippen molar-refractivity contribution in [3.63, 3.8) is 0 Å². The summed E-state index contributed by atoms with van der Waals surface area (Å²) in [7, 11) is 0. The molecule has 0 aromatic heterocycles. The normalized spacial score (nSPS) is 29.8. The maximum absolute atomic E-state index is 11.4.